The van der Waals surface area contributed by atoms with E-state index < -0.39 is 0 Å². The number of hydrogen-bond acceptors (Lipinski definition) is 4. The highest BCUT2D eigenvalue weighted by atomic mass is 19.1. The second-order valence-corrected chi connectivity index (χ2v) is 6.64. The van der Waals surface area contributed by atoms with E-state index in [4.69, 9.17) is 5.11 Å². The van der Waals surface area contributed by atoms with Gasteiger partial charge in [0, 0.05) is 43.1 Å². The lowest BCUT2D eigenvalue weighted by atomic mass is 9.91. The van der Waals surface area contributed by atoms with Gasteiger partial charge in [-0.1, -0.05) is 18.2 Å². The number of halogens is 1. The summed E-state index contributed by atoms with van der Waals surface area (Å²) < 4.78 is 15.5. The molecule has 3 rings (SSSR count). The molecule has 1 aromatic carbocycles. The summed E-state index contributed by atoms with van der Waals surface area (Å²) in [4.78, 5) is 12.6. The number of aromatic nitrogens is 2. The number of carbonyl (C=O) groups excluding carboxylic acids is 1. The molecule has 0 fully saturated rings. The Morgan fingerprint density at radius 1 is 1.42 bits per heavy atom. The lowest BCUT2D eigenvalue weighted by molar-refractivity contribution is 0.0943. The van der Waals surface area contributed by atoms with Crippen molar-refractivity contribution in [3.8, 4) is 0 Å². The van der Waals surface area contributed by atoms with Crippen molar-refractivity contribution < 1.29 is 14.3 Å². The smallest absolute Gasteiger partial charge is 0.272 e. The van der Waals surface area contributed by atoms with Gasteiger partial charge in [-0.2, -0.15) is 5.10 Å². The summed E-state index contributed by atoms with van der Waals surface area (Å²) in [6.45, 7) is 1.06. The van der Waals surface area contributed by atoms with Crippen LogP contribution in [0.3, 0.4) is 0 Å². The molecule has 1 aliphatic carbocycles. The van der Waals surface area contributed by atoms with Crippen molar-refractivity contribution in [1.29, 1.82) is 0 Å². The summed E-state index contributed by atoms with van der Waals surface area (Å²) in [7, 11) is 1.85. The van der Waals surface area contributed by atoms with Crippen LogP contribution in [0, 0.1) is 5.82 Å². The Balaban J connectivity index is 1.69. The zero-order valence-corrected chi connectivity index (χ0v) is 15.0. The normalized spacial score (nSPS) is 16.3. The molecule has 1 unspecified atom stereocenters. The highest BCUT2D eigenvalue weighted by molar-refractivity contribution is 5.94. The fourth-order valence-corrected chi connectivity index (χ4v) is 3.43. The average molecular weight is 360 g/mol. The number of carbonyl (C=O) groups is 1. The first-order valence-corrected chi connectivity index (χ1v) is 9.00. The number of aliphatic hydroxyl groups excluding tert-OH is 1. The largest absolute Gasteiger partial charge is 0.396 e. The minimum absolute atomic E-state index is 0.134. The van der Waals surface area contributed by atoms with Crippen molar-refractivity contribution >= 4 is 5.91 Å². The lowest BCUT2D eigenvalue weighted by Crippen LogP contribution is -2.36. The van der Waals surface area contributed by atoms with Gasteiger partial charge in [0.05, 0.1) is 0 Å². The van der Waals surface area contributed by atoms with Gasteiger partial charge in [-0.15, -0.1) is 0 Å². The van der Waals surface area contributed by atoms with Gasteiger partial charge in [-0.05, 0) is 38.3 Å². The van der Waals surface area contributed by atoms with Crippen LogP contribution in [0.15, 0.2) is 24.3 Å². The number of nitrogens with one attached hydrogen (secondary N) is 2. The summed E-state index contributed by atoms with van der Waals surface area (Å²) in [6.07, 6.45) is 3.29. The summed E-state index contributed by atoms with van der Waals surface area (Å²) >= 11 is 0. The lowest BCUT2D eigenvalue weighted by Gasteiger charge is -2.24. The highest BCUT2D eigenvalue weighted by Crippen LogP contribution is 2.24. The van der Waals surface area contributed by atoms with Crippen LogP contribution in [0.25, 0.3) is 0 Å². The number of nitrogens with zero attached hydrogens (tertiary/aromatic N) is 2. The predicted molar refractivity (Wildman–Crippen MR) is 96.3 cm³/mol. The first kappa shape index (κ1) is 18.5. The number of hydrogen-bond donors (Lipinski definition) is 3. The molecule has 2 aromatic rings. The molecule has 7 heteroatoms. The summed E-state index contributed by atoms with van der Waals surface area (Å²) in [5.41, 5.74) is 2.93. The van der Waals surface area contributed by atoms with Gasteiger partial charge >= 0.3 is 0 Å². The number of aryl methyl sites for hydroxylation is 1. The third-order valence-electron chi connectivity index (χ3n) is 4.84. The Hall–Kier alpha value is -2.25. The summed E-state index contributed by atoms with van der Waals surface area (Å²) in [5.74, 6) is -0.606. The monoisotopic (exact) mass is 360 g/mol. The maximum absolute atomic E-state index is 13.7. The Labute approximate surface area is 152 Å². The van der Waals surface area contributed by atoms with Crippen molar-refractivity contribution in [2.24, 2.45) is 7.05 Å². The molecule has 6 nitrogen and oxygen atoms in total. The van der Waals surface area contributed by atoms with Gasteiger partial charge in [-0.25, -0.2) is 4.39 Å². The maximum Gasteiger partial charge on any atom is 0.272 e. The molecule has 0 spiro atoms. The minimum atomic E-state index is -0.330. The molecule has 0 aliphatic heterocycles. The molecule has 3 N–H and O–H groups in total. The molecular formula is C19H25FN4O2. The van der Waals surface area contributed by atoms with E-state index in [1.165, 1.54) is 6.07 Å². The molecule has 1 aromatic heterocycles. The van der Waals surface area contributed by atoms with Crippen molar-refractivity contribution in [3.05, 3.63) is 52.6 Å². The first-order chi connectivity index (χ1) is 12.6. The molecule has 0 bridgehead atoms. The van der Waals surface area contributed by atoms with Crippen LogP contribution in [-0.4, -0.2) is 40.0 Å². The standard InChI is InChI=1S/C19H25FN4O2/c1-24-17-8-7-14(21-9-4-10-25)11-15(17)18(23-24)19(26)22-12-13-5-2-3-6-16(13)20/h2-3,5-6,14,21,25H,4,7-12H2,1H3,(H,22,26). The number of amides is 1. The van der Waals surface area contributed by atoms with Gasteiger partial charge in [0.2, 0.25) is 0 Å². The fourth-order valence-electron chi connectivity index (χ4n) is 3.43. The molecule has 1 amide bonds. The van der Waals surface area contributed by atoms with E-state index in [1.54, 1.807) is 22.9 Å². The molecular weight excluding hydrogens is 335 g/mol. The Bertz CT molecular complexity index is 775. The van der Waals surface area contributed by atoms with Crippen molar-refractivity contribution in [2.75, 3.05) is 13.2 Å². The van der Waals surface area contributed by atoms with Gasteiger partial charge in [-0.3, -0.25) is 9.48 Å². The van der Waals surface area contributed by atoms with Crippen LogP contribution >= 0.6 is 0 Å². The number of fused-ring (bicyclic) bond motifs is 1. The van der Waals surface area contributed by atoms with Gasteiger partial charge < -0.3 is 15.7 Å². The van der Waals surface area contributed by atoms with E-state index in [9.17, 15) is 9.18 Å². The van der Waals surface area contributed by atoms with E-state index in [0.29, 0.717) is 17.7 Å². The van der Waals surface area contributed by atoms with Gasteiger partial charge in [0.15, 0.2) is 5.69 Å². The molecule has 140 valence electrons. The zero-order valence-electron chi connectivity index (χ0n) is 15.0. The minimum Gasteiger partial charge on any atom is -0.396 e. The van der Waals surface area contributed by atoms with Crippen molar-refractivity contribution in [2.45, 2.75) is 38.3 Å². The van der Waals surface area contributed by atoms with Crippen molar-refractivity contribution in [1.82, 2.24) is 20.4 Å². The SMILES string of the molecule is Cn1nc(C(=O)NCc2ccccc2F)c2c1CCC(NCCCO)C2. The fraction of sp³-hybridized carbons (Fsp3) is 0.474. The predicted octanol–water partition coefficient (Wildman–Crippen LogP) is 1.32. The van der Waals surface area contributed by atoms with Gasteiger partial charge in [0.25, 0.3) is 5.91 Å². The van der Waals surface area contributed by atoms with E-state index in [1.807, 2.05) is 7.05 Å². The molecule has 1 atom stereocenters. The van der Waals surface area contributed by atoms with Crippen LogP contribution in [0.1, 0.15) is 40.2 Å². The third-order valence-corrected chi connectivity index (χ3v) is 4.84. The quantitative estimate of drug-likeness (QED) is 0.651. The molecule has 0 saturated heterocycles. The van der Waals surface area contributed by atoms with Crippen LogP contribution in [0.2, 0.25) is 0 Å². The topological polar surface area (TPSA) is 79.2 Å². The zero-order chi connectivity index (χ0) is 18.5. The number of rotatable bonds is 7. The molecule has 0 radical (unpaired) electrons. The van der Waals surface area contributed by atoms with E-state index >= 15 is 0 Å². The number of benzene rings is 1. The van der Waals surface area contributed by atoms with Gasteiger partial charge in [0.1, 0.15) is 5.82 Å². The van der Waals surface area contributed by atoms with Crippen LogP contribution in [0.4, 0.5) is 4.39 Å². The summed E-state index contributed by atoms with van der Waals surface area (Å²) in [6, 6.07) is 6.68. The second-order valence-electron chi connectivity index (χ2n) is 6.64. The first-order valence-electron chi connectivity index (χ1n) is 9.00. The third kappa shape index (κ3) is 4.11. The van der Waals surface area contributed by atoms with Crippen LogP contribution in [0.5, 0.6) is 0 Å². The number of aliphatic hydroxyl groups is 1. The molecule has 1 heterocycles. The van der Waals surface area contributed by atoms with E-state index in [2.05, 4.69) is 15.7 Å². The molecule has 0 saturated carbocycles. The molecule has 1 aliphatic rings. The van der Waals surface area contributed by atoms with E-state index in [0.717, 1.165) is 37.1 Å². The second kappa shape index (κ2) is 8.42. The highest BCUT2D eigenvalue weighted by Gasteiger charge is 2.28. The van der Waals surface area contributed by atoms with E-state index in [-0.39, 0.29) is 30.9 Å². The Morgan fingerprint density at radius 2 is 2.23 bits per heavy atom. The van der Waals surface area contributed by atoms with Crippen LogP contribution in [-0.2, 0) is 26.4 Å². The summed E-state index contributed by atoms with van der Waals surface area (Å²) in [5, 5.41) is 19.5. The van der Waals surface area contributed by atoms with Crippen LogP contribution < -0.4 is 10.6 Å². The van der Waals surface area contributed by atoms with Crippen molar-refractivity contribution in [3.63, 3.8) is 0 Å². The Morgan fingerprint density at radius 3 is 3.00 bits per heavy atom. The average Bonchev–Trinajstić information content (AvgIpc) is 2.97. The maximum atomic E-state index is 13.7. The molecule has 26 heavy (non-hydrogen) atoms. The Kier molecular flexibility index (Phi) is 6.00.